The molecule has 27 heavy (non-hydrogen) atoms. The summed E-state index contributed by atoms with van der Waals surface area (Å²) in [6.45, 7) is 0. The summed E-state index contributed by atoms with van der Waals surface area (Å²) in [6, 6.07) is 20.9. The van der Waals surface area contributed by atoms with Crippen LogP contribution in [0.1, 0.15) is 22.0 Å². The molecule has 4 N–H and O–H groups in total. The van der Waals surface area contributed by atoms with Crippen molar-refractivity contribution in [3.8, 4) is 11.1 Å². The van der Waals surface area contributed by atoms with Crippen LogP contribution in [0.4, 0.5) is 0 Å². The quantitative estimate of drug-likeness (QED) is 0.555. The molecular weight excluding hydrogens is 383 g/mol. The molecule has 0 heterocycles. The average molecular weight is 401 g/mol. The van der Waals surface area contributed by atoms with Crippen molar-refractivity contribution in [2.75, 3.05) is 0 Å². The molecule has 138 valence electrons. The molecule has 3 aromatic rings. The second-order valence-electron chi connectivity index (χ2n) is 6.06. The Hall–Kier alpha value is -2.37. The lowest BCUT2D eigenvalue weighted by atomic mass is 10.0. The number of halogens is 2. The number of hydrogen-bond donors (Lipinski definition) is 3. The molecule has 3 aromatic carbocycles. The Balaban J connectivity index is 1.74. The maximum Gasteiger partial charge on any atom is 0.253 e. The smallest absolute Gasteiger partial charge is 0.253 e. The van der Waals surface area contributed by atoms with Crippen LogP contribution in [0.15, 0.2) is 72.8 Å². The zero-order valence-electron chi connectivity index (χ0n) is 14.3. The number of aliphatic hydroxyl groups is 1. The molecule has 6 heteroatoms. The standard InChI is InChI=1S/C21H18Cl2N2O2/c22-17-10-9-15(12-18(17)23)19(24)21(27)25-20(26)16-8-4-7-14(11-16)13-5-2-1-3-6-13/h1-12,19,21,27H,24H2,(H,25,26). The largest absolute Gasteiger partial charge is 0.372 e. The van der Waals surface area contributed by atoms with Gasteiger partial charge in [-0.05, 0) is 41.0 Å². The molecule has 2 atom stereocenters. The molecule has 0 radical (unpaired) electrons. The number of rotatable bonds is 5. The third-order valence-electron chi connectivity index (χ3n) is 4.18. The van der Waals surface area contributed by atoms with E-state index in [1.54, 1.807) is 36.4 Å². The van der Waals surface area contributed by atoms with Gasteiger partial charge in [0, 0.05) is 5.56 Å². The fourth-order valence-electron chi connectivity index (χ4n) is 2.68. The van der Waals surface area contributed by atoms with Crippen LogP contribution in [0.3, 0.4) is 0 Å². The Labute approximate surface area is 167 Å². The van der Waals surface area contributed by atoms with Gasteiger partial charge in [0.2, 0.25) is 0 Å². The van der Waals surface area contributed by atoms with Gasteiger partial charge in [0.05, 0.1) is 16.1 Å². The van der Waals surface area contributed by atoms with Crippen molar-refractivity contribution in [3.05, 3.63) is 94.0 Å². The number of nitrogens with one attached hydrogen (secondary N) is 1. The third-order valence-corrected chi connectivity index (χ3v) is 4.92. The molecule has 3 rings (SSSR count). The van der Waals surface area contributed by atoms with Gasteiger partial charge in [-0.25, -0.2) is 0 Å². The highest BCUT2D eigenvalue weighted by Crippen LogP contribution is 2.26. The van der Waals surface area contributed by atoms with Gasteiger partial charge in [0.25, 0.3) is 5.91 Å². The zero-order chi connectivity index (χ0) is 19.4. The Morgan fingerprint density at radius 2 is 1.59 bits per heavy atom. The van der Waals surface area contributed by atoms with E-state index in [1.807, 2.05) is 36.4 Å². The van der Waals surface area contributed by atoms with Gasteiger partial charge in [-0.3, -0.25) is 4.79 Å². The van der Waals surface area contributed by atoms with E-state index < -0.39 is 18.2 Å². The highest BCUT2D eigenvalue weighted by molar-refractivity contribution is 6.42. The highest BCUT2D eigenvalue weighted by atomic mass is 35.5. The van der Waals surface area contributed by atoms with Crippen LogP contribution in [0.2, 0.25) is 10.0 Å². The van der Waals surface area contributed by atoms with E-state index in [2.05, 4.69) is 5.32 Å². The molecule has 1 amide bonds. The summed E-state index contributed by atoms with van der Waals surface area (Å²) in [6.07, 6.45) is -1.28. The van der Waals surface area contributed by atoms with Crippen molar-refractivity contribution in [1.29, 1.82) is 0 Å². The Morgan fingerprint density at radius 3 is 2.30 bits per heavy atom. The molecule has 2 unspecified atom stereocenters. The molecular formula is C21H18Cl2N2O2. The van der Waals surface area contributed by atoms with Crippen LogP contribution >= 0.6 is 23.2 Å². The van der Waals surface area contributed by atoms with Crippen molar-refractivity contribution in [2.24, 2.45) is 5.73 Å². The number of carbonyl (C=O) groups is 1. The van der Waals surface area contributed by atoms with Gasteiger partial charge in [0.1, 0.15) is 6.23 Å². The first-order valence-electron chi connectivity index (χ1n) is 8.30. The number of carbonyl (C=O) groups excluding carboxylic acids is 1. The Kier molecular flexibility index (Phi) is 6.14. The van der Waals surface area contributed by atoms with Gasteiger partial charge >= 0.3 is 0 Å². The summed E-state index contributed by atoms with van der Waals surface area (Å²) < 4.78 is 0. The molecule has 0 spiro atoms. The van der Waals surface area contributed by atoms with Crippen LogP contribution < -0.4 is 11.1 Å². The van der Waals surface area contributed by atoms with Crippen LogP contribution in [0.5, 0.6) is 0 Å². The van der Waals surface area contributed by atoms with E-state index in [1.165, 1.54) is 0 Å². The minimum atomic E-state index is -1.28. The number of nitrogens with two attached hydrogens (primary N) is 1. The predicted molar refractivity (Wildman–Crippen MR) is 109 cm³/mol. The van der Waals surface area contributed by atoms with E-state index in [-0.39, 0.29) is 0 Å². The minimum absolute atomic E-state index is 0.332. The van der Waals surface area contributed by atoms with Crippen molar-refractivity contribution >= 4 is 29.1 Å². The maximum absolute atomic E-state index is 12.5. The topological polar surface area (TPSA) is 75.3 Å². The van der Waals surface area contributed by atoms with Gasteiger partial charge in [-0.15, -0.1) is 0 Å². The molecule has 0 aliphatic rings. The van der Waals surface area contributed by atoms with Crippen LogP contribution in [-0.2, 0) is 0 Å². The fraction of sp³-hybridized carbons (Fsp3) is 0.0952. The lowest BCUT2D eigenvalue weighted by Crippen LogP contribution is -2.42. The third kappa shape index (κ3) is 4.67. The Morgan fingerprint density at radius 1 is 0.889 bits per heavy atom. The molecule has 0 aliphatic heterocycles. The Bertz CT molecular complexity index is 948. The van der Waals surface area contributed by atoms with E-state index >= 15 is 0 Å². The van der Waals surface area contributed by atoms with Crippen LogP contribution in [0, 0.1) is 0 Å². The molecule has 0 saturated carbocycles. The summed E-state index contributed by atoms with van der Waals surface area (Å²) in [5, 5.41) is 13.6. The zero-order valence-corrected chi connectivity index (χ0v) is 15.8. The van der Waals surface area contributed by atoms with Gasteiger partial charge in [-0.1, -0.05) is 71.7 Å². The SMILES string of the molecule is NC(c1ccc(Cl)c(Cl)c1)C(O)NC(=O)c1cccc(-c2ccccc2)c1. The molecule has 0 fully saturated rings. The van der Waals surface area contributed by atoms with E-state index in [4.69, 9.17) is 28.9 Å². The molecule has 0 aliphatic carbocycles. The summed E-state index contributed by atoms with van der Waals surface area (Å²) in [5.74, 6) is -0.421. The lowest BCUT2D eigenvalue weighted by molar-refractivity contribution is 0.0714. The van der Waals surface area contributed by atoms with E-state index in [0.29, 0.717) is 21.2 Å². The first-order valence-corrected chi connectivity index (χ1v) is 9.06. The summed E-state index contributed by atoms with van der Waals surface area (Å²) in [7, 11) is 0. The van der Waals surface area contributed by atoms with Crippen LogP contribution in [-0.4, -0.2) is 17.2 Å². The van der Waals surface area contributed by atoms with Crippen molar-refractivity contribution in [2.45, 2.75) is 12.3 Å². The van der Waals surface area contributed by atoms with Crippen LogP contribution in [0.25, 0.3) is 11.1 Å². The highest BCUT2D eigenvalue weighted by Gasteiger charge is 2.20. The molecule has 0 saturated heterocycles. The summed E-state index contributed by atoms with van der Waals surface area (Å²) in [4.78, 5) is 12.5. The normalized spacial score (nSPS) is 13.0. The lowest BCUT2D eigenvalue weighted by Gasteiger charge is -2.21. The van der Waals surface area contributed by atoms with E-state index in [0.717, 1.165) is 11.1 Å². The van der Waals surface area contributed by atoms with Crippen molar-refractivity contribution in [1.82, 2.24) is 5.32 Å². The van der Waals surface area contributed by atoms with Gasteiger partial charge < -0.3 is 16.2 Å². The van der Waals surface area contributed by atoms with Crippen molar-refractivity contribution < 1.29 is 9.90 Å². The van der Waals surface area contributed by atoms with Gasteiger partial charge in [0.15, 0.2) is 0 Å². The summed E-state index contributed by atoms with van der Waals surface area (Å²) >= 11 is 11.9. The number of benzene rings is 3. The molecule has 0 bridgehead atoms. The fourth-order valence-corrected chi connectivity index (χ4v) is 2.99. The second-order valence-corrected chi connectivity index (χ2v) is 6.88. The number of aliphatic hydroxyl groups excluding tert-OH is 1. The van der Waals surface area contributed by atoms with Gasteiger partial charge in [-0.2, -0.15) is 0 Å². The predicted octanol–water partition coefficient (Wildman–Crippen LogP) is 4.41. The second kappa shape index (κ2) is 8.55. The van der Waals surface area contributed by atoms with E-state index in [9.17, 15) is 9.90 Å². The number of amides is 1. The first kappa shape index (κ1) is 19.4. The maximum atomic E-state index is 12.5. The minimum Gasteiger partial charge on any atom is -0.372 e. The van der Waals surface area contributed by atoms with Crippen molar-refractivity contribution in [3.63, 3.8) is 0 Å². The molecule has 4 nitrogen and oxygen atoms in total. The monoisotopic (exact) mass is 400 g/mol. The average Bonchev–Trinajstić information content (AvgIpc) is 2.70. The summed E-state index contributed by atoms with van der Waals surface area (Å²) in [5.41, 5.74) is 8.94. The first-order chi connectivity index (χ1) is 13.0. The molecule has 0 aromatic heterocycles. The number of hydrogen-bond acceptors (Lipinski definition) is 3.